The second-order valence-electron chi connectivity index (χ2n) is 6.26. The summed E-state index contributed by atoms with van der Waals surface area (Å²) in [6.45, 7) is 7.23. The van der Waals surface area contributed by atoms with Crippen LogP contribution in [0.15, 0.2) is 0 Å². The Kier molecular flexibility index (Phi) is 3.74. The SMILES string of the molecule is CC(C)C1CCCN1C(=O)N1CCCC1(C)C(=O)O. The second-order valence-corrected chi connectivity index (χ2v) is 6.26. The molecule has 0 saturated carbocycles. The average Bonchev–Trinajstić information content (AvgIpc) is 2.94. The molecule has 2 fully saturated rings. The van der Waals surface area contributed by atoms with Gasteiger partial charge in [-0.1, -0.05) is 13.8 Å². The lowest BCUT2D eigenvalue weighted by Crippen LogP contribution is -2.56. The van der Waals surface area contributed by atoms with Crippen LogP contribution in [-0.4, -0.2) is 51.6 Å². The first-order valence-electron chi connectivity index (χ1n) is 7.19. The molecule has 5 nitrogen and oxygen atoms in total. The molecule has 2 aliphatic heterocycles. The van der Waals surface area contributed by atoms with Gasteiger partial charge >= 0.3 is 12.0 Å². The standard InChI is InChI=1S/C14H24N2O3/c1-10(2)11-6-4-8-15(11)13(19)16-9-5-7-14(16,3)12(17)18/h10-11H,4-9H2,1-3H3,(H,17,18). The molecule has 19 heavy (non-hydrogen) atoms. The lowest BCUT2D eigenvalue weighted by atomic mass is 9.99. The van der Waals surface area contributed by atoms with E-state index in [9.17, 15) is 14.7 Å². The minimum Gasteiger partial charge on any atom is -0.480 e. The molecule has 2 amide bonds. The van der Waals surface area contributed by atoms with Gasteiger partial charge in [-0.15, -0.1) is 0 Å². The third-order valence-corrected chi connectivity index (χ3v) is 4.65. The minimum atomic E-state index is -1.03. The number of hydrogen-bond donors (Lipinski definition) is 1. The number of rotatable bonds is 2. The Bertz CT molecular complexity index is 383. The van der Waals surface area contributed by atoms with E-state index in [4.69, 9.17) is 0 Å². The van der Waals surface area contributed by atoms with E-state index >= 15 is 0 Å². The Morgan fingerprint density at radius 1 is 1.26 bits per heavy atom. The molecule has 0 aromatic rings. The molecule has 5 heteroatoms. The molecule has 2 unspecified atom stereocenters. The number of nitrogens with zero attached hydrogens (tertiary/aromatic N) is 2. The van der Waals surface area contributed by atoms with Gasteiger partial charge in [-0.05, 0) is 38.5 Å². The molecule has 0 spiro atoms. The van der Waals surface area contributed by atoms with Crippen molar-refractivity contribution in [1.29, 1.82) is 0 Å². The number of amides is 2. The summed E-state index contributed by atoms with van der Waals surface area (Å²) >= 11 is 0. The summed E-state index contributed by atoms with van der Waals surface area (Å²) in [6, 6.07) is 0.171. The third kappa shape index (κ3) is 2.30. The lowest BCUT2D eigenvalue weighted by Gasteiger charge is -2.37. The highest BCUT2D eigenvalue weighted by Gasteiger charge is 2.48. The highest BCUT2D eigenvalue weighted by atomic mass is 16.4. The van der Waals surface area contributed by atoms with Crippen molar-refractivity contribution in [2.45, 2.75) is 58.0 Å². The van der Waals surface area contributed by atoms with Crippen LogP contribution in [0, 0.1) is 5.92 Å². The van der Waals surface area contributed by atoms with Crippen molar-refractivity contribution in [2.75, 3.05) is 13.1 Å². The number of carbonyl (C=O) groups excluding carboxylic acids is 1. The van der Waals surface area contributed by atoms with Gasteiger partial charge in [0, 0.05) is 19.1 Å². The number of carboxylic acids is 1. The van der Waals surface area contributed by atoms with E-state index in [1.54, 1.807) is 11.8 Å². The normalized spacial score (nSPS) is 31.3. The third-order valence-electron chi connectivity index (χ3n) is 4.65. The molecule has 0 aromatic carbocycles. The molecule has 2 heterocycles. The zero-order valence-corrected chi connectivity index (χ0v) is 12.1. The van der Waals surface area contributed by atoms with Crippen LogP contribution in [0.4, 0.5) is 4.79 Å². The molecule has 108 valence electrons. The van der Waals surface area contributed by atoms with E-state index in [2.05, 4.69) is 13.8 Å². The Morgan fingerprint density at radius 3 is 2.53 bits per heavy atom. The van der Waals surface area contributed by atoms with Crippen LogP contribution >= 0.6 is 0 Å². The first kappa shape index (κ1) is 14.2. The summed E-state index contributed by atoms with van der Waals surface area (Å²) in [4.78, 5) is 27.6. The molecule has 0 bridgehead atoms. The molecule has 0 radical (unpaired) electrons. The Labute approximate surface area is 114 Å². The number of hydrogen-bond acceptors (Lipinski definition) is 2. The summed E-state index contributed by atoms with van der Waals surface area (Å²) in [5, 5.41) is 9.40. The van der Waals surface area contributed by atoms with E-state index in [-0.39, 0.29) is 12.1 Å². The maximum absolute atomic E-state index is 12.7. The first-order valence-corrected chi connectivity index (χ1v) is 7.19. The zero-order chi connectivity index (χ0) is 14.2. The van der Waals surface area contributed by atoms with E-state index in [0.717, 1.165) is 25.8 Å². The van der Waals surface area contributed by atoms with Gasteiger partial charge in [-0.2, -0.15) is 0 Å². The number of carbonyl (C=O) groups is 2. The first-order chi connectivity index (χ1) is 8.88. The molecule has 2 atom stereocenters. The lowest BCUT2D eigenvalue weighted by molar-refractivity contribution is -0.147. The molecular weight excluding hydrogens is 244 g/mol. The largest absolute Gasteiger partial charge is 0.480 e. The number of urea groups is 1. The smallest absolute Gasteiger partial charge is 0.329 e. The summed E-state index contributed by atoms with van der Waals surface area (Å²) in [5.41, 5.74) is -1.03. The van der Waals surface area contributed by atoms with Gasteiger partial charge in [0.2, 0.25) is 0 Å². The van der Waals surface area contributed by atoms with Crippen LogP contribution in [0.25, 0.3) is 0 Å². The van der Waals surface area contributed by atoms with Crippen molar-refractivity contribution in [3.8, 4) is 0 Å². The highest BCUT2D eigenvalue weighted by molar-refractivity contribution is 5.87. The van der Waals surface area contributed by atoms with E-state index in [1.807, 2.05) is 4.90 Å². The molecular formula is C14H24N2O3. The molecule has 2 aliphatic rings. The fourth-order valence-electron chi connectivity index (χ4n) is 3.37. The van der Waals surface area contributed by atoms with Crippen LogP contribution in [0.2, 0.25) is 0 Å². The van der Waals surface area contributed by atoms with Crippen molar-refractivity contribution in [3.05, 3.63) is 0 Å². The summed E-state index contributed by atoms with van der Waals surface area (Å²) < 4.78 is 0. The van der Waals surface area contributed by atoms with Crippen LogP contribution in [-0.2, 0) is 4.79 Å². The predicted octanol–water partition coefficient (Wildman–Crippen LogP) is 2.17. The van der Waals surface area contributed by atoms with Crippen LogP contribution in [0.5, 0.6) is 0 Å². The molecule has 1 N–H and O–H groups in total. The summed E-state index contributed by atoms with van der Waals surface area (Å²) in [6.07, 6.45) is 3.37. The van der Waals surface area contributed by atoms with Gasteiger partial charge in [-0.3, -0.25) is 0 Å². The highest BCUT2D eigenvalue weighted by Crippen LogP contribution is 2.33. The van der Waals surface area contributed by atoms with Crippen LogP contribution < -0.4 is 0 Å². The topological polar surface area (TPSA) is 60.9 Å². The molecule has 0 aromatic heterocycles. The minimum absolute atomic E-state index is 0.0846. The zero-order valence-electron chi connectivity index (χ0n) is 12.1. The average molecular weight is 268 g/mol. The van der Waals surface area contributed by atoms with Crippen molar-refractivity contribution in [2.24, 2.45) is 5.92 Å². The van der Waals surface area contributed by atoms with E-state index in [1.165, 1.54) is 0 Å². The summed E-state index contributed by atoms with van der Waals surface area (Å²) in [7, 11) is 0. The molecule has 2 rings (SSSR count). The van der Waals surface area contributed by atoms with Gasteiger partial charge < -0.3 is 14.9 Å². The van der Waals surface area contributed by atoms with Crippen molar-refractivity contribution >= 4 is 12.0 Å². The van der Waals surface area contributed by atoms with Gasteiger partial charge in [-0.25, -0.2) is 9.59 Å². The van der Waals surface area contributed by atoms with Crippen molar-refractivity contribution in [3.63, 3.8) is 0 Å². The monoisotopic (exact) mass is 268 g/mol. The number of aliphatic carboxylic acids is 1. The van der Waals surface area contributed by atoms with Gasteiger partial charge in [0.25, 0.3) is 0 Å². The Morgan fingerprint density at radius 2 is 1.95 bits per heavy atom. The van der Waals surface area contributed by atoms with Crippen molar-refractivity contribution in [1.82, 2.24) is 9.80 Å². The Balaban J connectivity index is 2.17. The molecule has 2 saturated heterocycles. The van der Waals surface area contributed by atoms with Gasteiger partial charge in [0.05, 0.1) is 0 Å². The summed E-state index contributed by atoms with van der Waals surface area (Å²) in [5.74, 6) is -0.469. The van der Waals surface area contributed by atoms with Gasteiger partial charge in [0.15, 0.2) is 0 Å². The van der Waals surface area contributed by atoms with Crippen LogP contribution in [0.1, 0.15) is 46.5 Å². The molecule has 0 aliphatic carbocycles. The predicted molar refractivity (Wildman–Crippen MR) is 71.9 cm³/mol. The van der Waals surface area contributed by atoms with Gasteiger partial charge in [0.1, 0.15) is 5.54 Å². The van der Waals surface area contributed by atoms with E-state index in [0.29, 0.717) is 18.9 Å². The fourth-order valence-corrected chi connectivity index (χ4v) is 3.37. The van der Waals surface area contributed by atoms with E-state index < -0.39 is 11.5 Å². The maximum atomic E-state index is 12.7. The van der Waals surface area contributed by atoms with Crippen molar-refractivity contribution < 1.29 is 14.7 Å². The fraction of sp³-hybridized carbons (Fsp3) is 0.857. The number of likely N-dealkylation sites (tertiary alicyclic amines) is 2. The Hall–Kier alpha value is -1.26. The number of carboxylic acid groups (broad SMARTS) is 1. The van der Waals surface area contributed by atoms with Crippen LogP contribution in [0.3, 0.4) is 0 Å². The quantitative estimate of drug-likeness (QED) is 0.835. The second kappa shape index (κ2) is 5.02. The maximum Gasteiger partial charge on any atom is 0.329 e.